The zero-order chi connectivity index (χ0) is 15.6. The van der Waals surface area contributed by atoms with Crippen LogP contribution in [0.5, 0.6) is 0 Å². The Morgan fingerprint density at radius 2 is 2.05 bits per heavy atom. The van der Waals surface area contributed by atoms with E-state index in [1.165, 1.54) is 6.07 Å². The zero-order valence-electron chi connectivity index (χ0n) is 10.2. The predicted octanol–water partition coefficient (Wildman–Crippen LogP) is 2.26. The number of carboxylic acids is 1. The van der Waals surface area contributed by atoms with Crippen LogP contribution in [0.3, 0.4) is 0 Å². The number of aromatic carboxylic acids is 1. The van der Waals surface area contributed by atoms with Gasteiger partial charge in [0.15, 0.2) is 0 Å². The average molecular weight is 326 g/mol. The summed E-state index contributed by atoms with van der Waals surface area (Å²) in [6.07, 6.45) is 0. The number of hydrogen-bond donors (Lipinski definition) is 2. The van der Waals surface area contributed by atoms with Gasteiger partial charge in [-0.25, -0.2) is 17.6 Å². The van der Waals surface area contributed by atoms with Gasteiger partial charge in [0.05, 0.1) is 17.3 Å². The van der Waals surface area contributed by atoms with E-state index >= 15 is 0 Å². The fourth-order valence-electron chi connectivity index (χ4n) is 1.44. The van der Waals surface area contributed by atoms with E-state index in [2.05, 4.69) is 0 Å². The van der Waals surface area contributed by atoms with E-state index in [1.807, 2.05) is 4.72 Å². The van der Waals surface area contributed by atoms with Crippen molar-refractivity contribution < 1.29 is 22.7 Å². The fourth-order valence-corrected chi connectivity index (χ4v) is 3.65. The maximum Gasteiger partial charge on any atom is 0.345 e. The second-order valence-electron chi connectivity index (χ2n) is 3.84. The van der Waals surface area contributed by atoms with Gasteiger partial charge < -0.3 is 5.11 Å². The van der Waals surface area contributed by atoms with Crippen LogP contribution in [0.4, 0.5) is 10.1 Å². The van der Waals surface area contributed by atoms with Crippen molar-refractivity contribution in [3.05, 3.63) is 46.6 Å². The molecule has 0 aliphatic carbocycles. The molecule has 1 heterocycles. The van der Waals surface area contributed by atoms with Gasteiger partial charge in [0, 0.05) is 0 Å². The van der Waals surface area contributed by atoms with Crippen LogP contribution in [0.25, 0.3) is 0 Å². The van der Waals surface area contributed by atoms with Gasteiger partial charge >= 0.3 is 5.97 Å². The number of carbonyl (C=O) groups is 1. The lowest BCUT2D eigenvalue weighted by Crippen LogP contribution is -2.12. The Hall–Kier alpha value is -2.44. The van der Waals surface area contributed by atoms with Crippen molar-refractivity contribution in [3.8, 4) is 6.07 Å². The van der Waals surface area contributed by atoms with Crippen molar-refractivity contribution >= 4 is 33.0 Å². The van der Waals surface area contributed by atoms with Gasteiger partial charge in [-0.2, -0.15) is 5.26 Å². The third-order valence-electron chi connectivity index (χ3n) is 2.40. The van der Waals surface area contributed by atoms with Gasteiger partial charge in [0.25, 0.3) is 10.0 Å². The first-order valence-corrected chi connectivity index (χ1v) is 7.69. The first-order valence-electron chi connectivity index (χ1n) is 5.39. The maximum atomic E-state index is 13.6. The van der Waals surface area contributed by atoms with E-state index < -0.39 is 21.8 Å². The number of nitrogens with one attached hydrogen (secondary N) is 1. The second-order valence-corrected chi connectivity index (χ2v) is 6.83. The standard InChI is InChI=1S/C12H7FN2O4S2/c13-8-5-7(6-14)1-2-9(8)15-21(18,19)11-4-3-10(20-11)12(16)17/h1-5,15H,(H,16,17). The van der Waals surface area contributed by atoms with Crippen LogP contribution in [0.2, 0.25) is 0 Å². The largest absolute Gasteiger partial charge is 0.477 e. The summed E-state index contributed by atoms with van der Waals surface area (Å²) in [6, 6.07) is 7.28. The summed E-state index contributed by atoms with van der Waals surface area (Å²) < 4.78 is 39.5. The number of nitrogens with zero attached hydrogens (tertiary/aromatic N) is 1. The highest BCUT2D eigenvalue weighted by Gasteiger charge is 2.20. The molecule has 0 radical (unpaired) electrons. The molecule has 2 aromatic rings. The van der Waals surface area contributed by atoms with Crippen molar-refractivity contribution in [2.45, 2.75) is 4.21 Å². The molecule has 108 valence electrons. The molecule has 1 aromatic carbocycles. The van der Waals surface area contributed by atoms with Crippen molar-refractivity contribution in [3.63, 3.8) is 0 Å². The molecular formula is C12H7FN2O4S2. The van der Waals surface area contributed by atoms with E-state index in [4.69, 9.17) is 10.4 Å². The quantitative estimate of drug-likeness (QED) is 0.896. The highest BCUT2D eigenvalue weighted by atomic mass is 32.2. The normalized spacial score (nSPS) is 10.9. The molecule has 0 saturated carbocycles. The first-order chi connectivity index (χ1) is 9.83. The molecule has 0 bridgehead atoms. The van der Waals surface area contributed by atoms with Gasteiger partial charge in [0.2, 0.25) is 0 Å². The molecule has 0 atom stereocenters. The zero-order valence-corrected chi connectivity index (χ0v) is 11.8. The molecule has 0 spiro atoms. The Kier molecular flexibility index (Phi) is 3.93. The number of hydrogen-bond acceptors (Lipinski definition) is 5. The Labute approximate surface area is 123 Å². The smallest absolute Gasteiger partial charge is 0.345 e. The molecule has 1 aromatic heterocycles. The minimum absolute atomic E-state index is 0.0553. The Bertz CT molecular complexity index is 852. The predicted molar refractivity (Wildman–Crippen MR) is 73.2 cm³/mol. The molecule has 2 rings (SSSR count). The fraction of sp³-hybridized carbons (Fsp3) is 0. The molecule has 0 saturated heterocycles. The highest BCUT2D eigenvalue weighted by molar-refractivity contribution is 7.94. The number of halogens is 1. The number of carboxylic acid groups (broad SMARTS) is 1. The van der Waals surface area contributed by atoms with E-state index in [0.717, 1.165) is 24.3 Å². The number of sulfonamides is 1. The minimum atomic E-state index is -4.09. The molecular weight excluding hydrogens is 319 g/mol. The first kappa shape index (κ1) is 15.0. The molecule has 0 unspecified atom stereocenters. The summed E-state index contributed by atoms with van der Waals surface area (Å²) in [6.45, 7) is 0. The molecule has 0 fully saturated rings. The molecule has 6 nitrogen and oxygen atoms in total. The van der Waals surface area contributed by atoms with Crippen LogP contribution in [0.15, 0.2) is 34.5 Å². The van der Waals surface area contributed by atoms with E-state index in [1.54, 1.807) is 6.07 Å². The average Bonchev–Trinajstić information content (AvgIpc) is 2.91. The minimum Gasteiger partial charge on any atom is -0.477 e. The second kappa shape index (κ2) is 5.51. The van der Waals surface area contributed by atoms with Crippen molar-refractivity contribution in [2.75, 3.05) is 4.72 Å². The molecule has 0 amide bonds. The van der Waals surface area contributed by atoms with E-state index in [9.17, 15) is 17.6 Å². The summed E-state index contributed by atoms with van der Waals surface area (Å²) in [5, 5.41) is 17.4. The Morgan fingerprint density at radius 3 is 2.57 bits per heavy atom. The summed E-state index contributed by atoms with van der Waals surface area (Å²) in [4.78, 5) is 10.6. The van der Waals surface area contributed by atoms with Crippen molar-refractivity contribution in [1.29, 1.82) is 5.26 Å². The van der Waals surface area contributed by atoms with Gasteiger partial charge in [-0.3, -0.25) is 4.72 Å². The lowest BCUT2D eigenvalue weighted by atomic mass is 10.2. The summed E-state index contributed by atoms with van der Waals surface area (Å²) in [5.41, 5.74) is -0.265. The van der Waals surface area contributed by atoms with Crippen LogP contribution in [-0.2, 0) is 10.0 Å². The monoisotopic (exact) mass is 326 g/mol. The molecule has 2 N–H and O–H groups in total. The Balaban J connectivity index is 2.33. The number of benzene rings is 1. The number of thiophene rings is 1. The molecule has 0 aliphatic heterocycles. The lowest BCUT2D eigenvalue weighted by molar-refractivity contribution is 0.0702. The van der Waals surface area contributed by atoms with Crippen LogP contribution in [0, 0.1) is 17.1 Å². The van der Waals surface area contributed by atoms with Crippen LogP contribution < -0.4 is 4.72 Å². The summed E-state index contributed by atoms with van der Waals surface area (Å²) >= 11 is 0.556. The SMILES string of the molecule is N#Cc1ccc(NS(=O)(=O)c2ccc(C(=O)O)s2)c(F)c1. The van der Waals surface area contributed by atoms with Crippen LogP contribution in [0.1, 0.15) is 15.2 Å². The maximum absolute atomic E-state index is 13.6. The topological polar surface area (TPSA) is 107 Å². The number of nitriles is 1. The lowest BCUT2D eigenvalue weighted by Gasteiger charge is -2.07. The number of anilines is 1. The van der Waals surface area contributed by atoms with E-state index in [-0.39, 0.29) is 20.3 Å². The Morgan fingerprint density at radius 1 is 1.33 bits per heavy atom. The molecule has 21 heavy (non-hydrogen) atoms. The van der Waals surface area contributed by atoms with E-state index in [0.29, 0.717) is 11.3 Å². The summed E-state index contributed by atoms with van der Waals surface area (Å²) in [7, 11) is -4.09. The third kappa shape index (κ3) is 3.18. The van der Waals surface area contributed by atoms with Gasteiger partial charge in [0.1, 0.15) is 14.9 Å². The van der Waals surface area contributed by atoms with Crippen molar-refractivity contribution in [1.82, 2.24) is 0 Å². The van der Waals surface area contributed by atoms with Crippen LogP contribution in [-0.4, -0.2) is 19.5 Å². The summed E-state index contributed by atoms with van der Waals surface area (Å²) in [5.74, 6) is -2.14. The van der Waals surface area contributed by atoms with Crippen molar-refractivity contribution in [2.24, 2.45) is 0 Å². The third-order valence-corrected chi connectivity index (χ3v) is 5.33. The van der Waals surface area contributed by atoms with Gasteiger partial charge in [-0.1, -0.05) is 0 Å². The number of rotatable bonds is 4. The van der Waals surface area contributed by atoms with Gasteiger partial charge in [-0.15, -0.1) is 11.3 Å². The molecule has 0 aliphatic rings. The molecule has 9 heteroatoms. The van der Waals surface area contributed by atoms with Crippen LogP contribution >= 0.6 is 11.3 Å². The highest BCUT2D eigenvalue weighted by Crippen LogP contribution is 2.25. The van der Waals surface area contributed by atoms with Gasteiger partial charge in [-0.05, 0) is 30.3 Å².